The van der Waals surface area contributed by atoms with Gasteiger partial charge in [-0.3, -0.25) is 4.72 Å². The van der Waals surface area contributed by atoms with Gasteiger partial charge < -0.3 is 5.11 Å². The number of aliphatic hydroxyl groups excluding tert-OH is 1. The molecule has 0 saturated heterocycles. The van der Waals surface area contributed by atoms with Crippen LogP contribution in [0.15, 0.2) is 24.3 Å². The van der Waals surface area contributed by atoms with Crippen molar-refractivity contribution < 1.29 is 13.5 Å². The van der Waals surface area contributed by atoms with Crippen molar-refractivity contribution in [1.29, 1.82) is 5.26 Å². The Morgan fingerprint density at radius 1 is 1.37 bits per heavy atom. The summed E-state index contributed by atoms with van der Waals surface area (Å²) in [4.78, 5) is 0. The lowest BCUT2D eigenvalue weighted by Gasteiger charge is -2.11. The number of benzene rings is 1. The quantitative estimate of drug-likeness (QED) is 0.806. The minimum absolute atomic E-state index is 0.227. The van der Waals surface area contributed by atoms with E-state index in [-0.39, 0.29) is 13.0 Å². The lowest BCUT2D eigenvalue weighted by Crippen LogP contribution is -2.25. The van der Waals surface area contributed by atoms with Gasteiger partial charge >= 0.3 is 0 Å². The van der Waals surface area contributed by atoms with E-state index in [0.29, 0.717) is 11.3 Å². The average Bonchev–Trinajstić information content (AvgIpc) is 2.38. The summed E-state index contributed by atoms with van der Waals surface area (Å²) in [6.45, 7) is 1.41. The standard InChI is InChI=1S/C13H14N2O3S/c1-2-13(10-14)19(17,18)15-12-7-5-11(6-8-12)4-3-9-16/h5-8,13,15-16H,2,9H2,1H3. The summed E-state index contributed by atoms with van der Waals surface area (Å²) in [6, 6.07) is 8.13. The SMILES string of the molecule is CCC(C#N)S(=O)(=O)Nc1ccc(C#CCO)cc1. The molecule has 0 aliphatic heterocycles. The smallest absolute Gasteiger partial charge is 0.249 e. The van der Waals surface area contributed by atoms with Crippen LogP contribution in [0.5, 0.6) is 0 Å². The topological polar surface area (TPSA) is 90.2 Å². The van der Waals surface area contributed by atoms with Crippen LogP contribution in [-0.4, -0.2) is 25.4 Å². The molecule has 6 heteroatoms. The molecule has 0 heterocycles. The van der Waals surface area contributed by atoms with Crippen LogP contribution in [0.4, 0.5) is 5.69 Å². The van der Waals surface area contributed by atoms with E-state index < -0.39 is 15.3 Å². The first-order valence-electron chi connectivity index (χ1n) is 5.64. The van der Waals surface area contributed by atoms with Crippen molar-refractivity contribution in [3.8, 4) is 17.9 Å². The van der Waals surface area contributed by atoms with Crippen LogP contribution < -0.4 is 4.72 Å². The highest BCUT2D eigenvalue weighted by Crippen LogP contribution is 2.14. The van der Waals surface area contributed by atoms with Gasteiger partial charge in [0.25, 0.3) is 0 Å². The third kappa shape index (κ3) is 4.29. The van der Waals surface area contributed by atoms with Crippen molar-refractivity contribution in [2.24, 2.45) is 0 Å². The molecule has 5 nitrogen and oxygen atoms in total. The fourth-order valence-corrected chi connectivity index (χ4v) is 2.56. The van der Waals surface area contributed by atoms with E-state index in [9.17, 15) is 8.42 Å². The fourth-order valence-electron chi connectivity index (χ4n) is 1.38. The normalized spacial score (nSPS) is 11.8. The summed E-state index contributed by atoms with van der Waals surface area (Å²) in [7, 11) is -3.69. The summed E-state index contributed by atoms with van der Waals surface area (Å²) >= 11 is 0. The van der Waals surface area contributed by atoms with Crippen LogP contribution in [0.25, 0.3) is 0 Å². The largest absolute Gasteiger partial charge is 0.384 e. The zero-order valence-electron chi connectivity index (χ0n) is 10.4. The molecule has 100 valence electrons. The van der Waals surface area contributed by atoms with Gasteiger partial charge in [-0.1, -0.05) is 18.8 Å². The lowest BCUT2D eigenvalue weighted by atomic mass is 10.2. The number of nitrogens with one attached hydrogen (secondary N) is 1. The summed E-state index contributed by atoms with van der Waals surface area (Å²) in [5, 5.41) is 16.3. The van der Waals surface area contributed by atoms with Crippen molar-refractivity contribution in [3.05, 3.63) is 29.8 Å². The van der Waals surface area contributed by atoms with Gasteiger partial charge in [-0.15, -0.1) is 0 Å². The van der Waals surface area contributed by atoms with E-state index in [1.807, 2.05) is 0 Å². The number of nitrogens with zero attached hydrogens (tertiary/aromatic N) is 1. The van der Waals surface area contributed by atoms with Crippen molar-refractivity contribution >= 4 is 15.7 Å². The fraction of sp³-hybridized carbons (Fsp3) is 0.308. The third-order valence-corrected chi connectivity index (χ3v) is 4.05. The van der Waals surface area contributed by atoms with Crippen LogP contribution in [0.1, 0.15) is 18.9 Å². The van der Waals surface area contributed by atoms with Crippen LogP contribution in [0, 0.1) is 23.2 Å². The minimum atomic E-state index is -3.69. The highest BCUT2D eigenvalue weighted by Gasteiger charge is 2.23. The molecule has 0 bridgehead atoms. The Balaban J connectivity index is 2.87. The molecular formula is C13H14N2O3S. The van der Waals surface area contributed by atoms with E-state index in [0.717, 1.165) is 0 Å². The molecule has 19 heavy (non-hydrogen) atoms. The average molecular weight is 278 g/mol. The molecule has 1 aromatic carbocycles. The number of anilines is 1. The predicted molar refractivity (Wildman–Crippen MR) is 72.6 cm³/mol. The van der Waals surface area contributed by atoms with Gasteiger partial charge in [0.1, 0.15) is 6.61 Å². The molecule has 0 aliphatic carbocycles. The number of aliphatic hydroxyl groups is 1. The first-order chi connectivity index (χ1) is 9.03. The van der Waals surface area contributed by atoms with Crippen LogP contribution in [0.3, 0.4) is 0 Å². The van der Waals surface area contributed by atoms with E-state index in [1.54, 1.807) is 37.3 Å². The maximum atomic E-state index is 11.8. The molecule has 0 amide bonds. The lowest BCUT2D eigenvalue weighted by molar-refractivity contribution is 0.350. The van der Waals surface area contributed by atoms with Gasteiger partial charge in [-0.25, -0.2) is 8.42 Å². The van der Waals surface area contributed by atoms with Gasteiger partial charge in [0.15, 0.2) is 5.25 Å². The van der Waals surface area contributed by atoms with E-state index in [4.69, 9.17) is 10.4 Å². The first-order valence-corrected chi connectivity index (χ1v) is 7.19. The van der Waals surface area contributed by atoms with Crippen LogP contribution >= 0.6 is 0 Å². The number of sulfonamides is 1. The van der Waals surface area contributed by atoms with Crippen LogP contribution in [0.2, 0.25) is 0 Å². The second kappa shape index (κ2) is 6.79. The molecule has 0 spiro atoms. The van der Waals surface area contributed by atoms with E-state index in [1.165, 1.54) is 0 Å². The summed E-state index contributed by atoms with van der Waals surface area (Å²) < 4.78 is 26.0. The number of hydrogen-bond donors (Lipinski definition) is 2. The zero-order valence-corrected chi connectivity index (χ0v) is 11.2. The van der Waals surface area contributed by atoms with E-state index in [2.05, 4.69) is 16.6 Å². The maximum absolute atomic E-state index is 11.8. The molecule has 0 fully saturated rings. The Bertz CT molecular complexity index is 619. The molecule has 1 atom stereocenters. The maximum Gasteiger partial charge on any atom is 0.249 e. The number of rotatable bonds is 4. The van der Waals surface area contributed by atoms with Crippen LogP contribution in [-0.2, 0) is 10.0 Å². The molecule has 1 aromatic rings. The first kappa shape index (κ1) is 15.0. The second-order valence-corrected chi connectivity index (χ2v) is 5.57. The summed E-state index contributed by atoms with van der Waals surface area (Å²) in [5.41, 5.74) is 1.05. The van der Waals surface area contributed by atoms with Crippen molar-refractivity contribution in [3.63, 3.8) is 0 Å². The molecular weight excluding hydrogens is 264 g/mol. The number of hydrogen-bond acceptors (Lipinski definition) is 4. The van der Waals surface area contributed by atoms with Crippen molar-refractivity contribution in [1.82, 2.24) is 0 Å². The van der Waals surface area contributed by atoms with Gasteiger partial charge in [-0.2, -0.15) is 5.26 Å². The molecule has 0 saturated carbocycles. The molecule has 0 aromatic heterocycles. The van der Waals surface area contributed by atoms with Crippen molar-refractivity contribution in [2.75, 3.05) is 11.3 Å². The van der Waals surface area contributed by atoms with Gasteiger partial charge in [0.05, 0.1) is 6.07 Å². The Labute approximate surface area is 112 Å². The van der Waals surface area contributed by atoms with Gasteiger partial charge in [0.2, 0.25) is 10.0 Å². The summed E-state index contributed by atoms with van der Waals surface area (Å²) in [5.74, 6) is 5.19. The highest BCUT2D eigenvalue weighted by molar-refractivity contribution is 7.93. The Kier molecular flexibility index (Phi) is 5.37. The predicted octanol–water partition coefficient (Wildman–Crippen LogP) is 1.07. The Hall–Kier alpha value is -2.02. The van der Waals surface area contributed by atoms with Gasteiger partial charge in [0, 0.05) is 11.3 Å². The minimum Gasteiger partial charge on any atom is -0.384 e. The summed E-state index contributed by atoms with van der Waals surface area (Å²) in [6.07, 6.45) is 0.228. The zero-order chi connectivity index (χ0) is 14.3. The molecule has 1 unspecified atom stereocenters. The van der Waals surface area contributed by atoms with Gasteiger partial charge in [-0.05, 0) is 30.7 Å². The second-order valence-electron chi connectivity index (χ2n) is 3.71. The highest BCUT2D eigenvalue weighted by atomic mass is 32.2. The molecule has 2 N–H and O–H groups in total. The van der Waals surface area contributed by atoms with E-state index >= 15 is 0 Å². The Morgan fingerprint density at radius 3 is 2.47 bits per heavy atom. The monoisotopic (exact) mass is 278 g/mol. The molecule has 1 rings (SSSR count). The Morgan fingerprint density at radius 2 is 2.00 bits per heavy atom. The molecule has 0 aliphatic rings. The van der Waals surface area contributed by atoms with Crippen molar-refractivity contribution in [2.45, 2.75) is 18.6 Å². The third-order valence-electron chi connectivity index (χ3n) is 2.35. The molecule has 0 radical (unpaired) electrons. The number of nitriles is 1.